The highest BCUT2D eigenvalue weighted by molar-refractivity contribution is 5.44. The highest BCUT2D eigenvalue weighted by Gasteiger charge is 2.45. The average Bonchev–Trinajstić information content (AvgIpc) is 2.98. The smallest absolute Gasteiger partial charge is 0.128 e. The molecule has 1 aliphatic carbocycles. The molecule has 2 fully saturated rings. The number of hydrogen-bond donors (Lipinski definition) is 1. The first-order valence-electron chi connectivity index (χ1n) is 7.79. The van der Waals surface area contributed by atoms with Crippen molar-refractivity contribution in [3.05, 3.63) is 23.8 Å². The van der Waals surface area contributed by atoms with Gasteiger partial charge in [-0.15, -0.1) is 0 Å². The van der Waals surface area contributed by atoms with Gasteiger partial charge in [0.2, 0.25) is 0 Å². The molecule has 2 aliphatic heterocycles. The second-order valence-corrected chi connectivity index (χ2v) is 7.33. The first-order chi connectivity index (χ1) is 9.52. The summed E-state index contributed by atoms with van der Waals surface area (Å²) >= 11 is 0. The van der Waals surface area contributed by atoms with E-state index in [4.69, 9.17) is 4.74 Å². The van der Waals surface area contributed by atoms with Crippen LogP contribution in [-0.2, 0) is 0 Å². The number of rotatable bonds is 1. The highest BCUT2D eigenvalue weighted by atomic mass is 16.5. The van der Waals surface area contributed by atoms with Crippen molar-refractivity contribution in [1.82, 2.24) is 4.90 Å². The summed E-state index contributed by atoms with van der Waals surface area (Å²) in [5.74, 6) is 2.07. The van der Waals surface area contributed by atoms with Crippen LogP contribution in [0.15, 0.2) is 18.2 Å². The maximum absolute atomic E-state index is 9.72. The summed E-state index contributed by atoms with van der Waals surface area (Å²) in [6.45, 7) is 5.55. The summed E-state index contributed by atoms with van der Waals surface area (Å²) in [6.07, 6.45) is 5.19. The molecule has 0 amide bonds. The Morgan fingerprint density at radius 3 is 2.85 bits per heavy atom. The van der Waals surface area contributed by atoms with Crippen molar-refractivity contribution in [3.63, 3.8) is 0 Å². The van der Waals surface area contributed by atoms with Gasteiger partial charge in [0.25, 0.3) is 0 Å². The third-order valence-electron chi connectivity index (χ3n) is 5.28. The minimum absolute atomic E-state index is 0.159. The third-order valence-corrected chi connectivity index (χ3v) is 5.28. The highest BCUT2D eigenvalue weighted by Crippen LogP contribution is 2.49. The van der Waals surface area contributed by atoms with Crippen molar-refractivity contribution < 1.29 is 9.84 Å². The number of hydrogen-bond acceptors (Lipinski definition) is 3. The van der Waals surface area contributed by atoms with Gasteiger partial charge in [0, 0.05) is 36.7 Å². The molecule has 1 aromatic carbocycles. The molecule has 108 valence electrons. The summed E-state index contributed by atoms with van der Waals surface area (Å²) in [5, 5.41) is 9.72. The van der Waals surface area contributed by atoms with Crippen molar-refractivity contribution in [2.75, 3.05) is 6.54 Å². The van der Waals surface area contributed by atoms with Crippen molar-refractivity contribution in [2.45, 2.75) is 57.2 Å². The van der Waals surface area contributed by atoms with E-state index in [0.717, 1.165) is 24.1 Å². The molecule has 2 bridgehead atoms. The molecule has 3 atom stereocenters. The van der Waals surface area contributed by atoms with Crippen molar-refractivity contribution in [2.24, 2.45) is 5.92 Å². The van der Waals surface area contributed by atoms with Crippen LogP contribution in [0.4, 0.5) is 0 Å². The Morgan fingerprint density at radius 1 is 1.30 bits per heavy atom. The van der Waals surface area contributed by atoms with Crippen LogP contribution in [-0.4, -0.2) is 28.2 Å². The average molecular weight is 273 g/mol. The van der Waals surface area contributed by atoms with E-state index in [2.05, 4.69) is 24.8 Å². The van der Waals surface area contributed by atoms with Crippen molar-refractivity contribution >= 4 is 0 Å². The van der Waals surface area contributed by atoms with Gasteiger partial charge in [0.15, 0.2) is 0 Å². The number of fused-ring (bicyclic) bond motifs is 3. The monoisotopic (exact) mass is 273 g/mol. The topological polar surface area (TPSA) is 32.7 Å². The van der Waals surface area contributed by atoms with Gasteiger partial charge >= 0.3 is 0 Å². The quantitative estimate of drug-likeness (QED) is 0.850. The summed E-state index contributed by atoms with van der Waals surface area (Å²) < 4.78 is 6.08. The molecule has 4 rings (SSSR count). The molecule has 3 aliphatic rings. The lowest BCUT2D eigenvalue weighted by Gasteiger charge is -2.44. The minimum atomic E-state index is -0.159. The van der Waals surface area contributed by atoms with Gasteiger partial charge in [-0.1, -0.05) is 6.07 Å². The number of piperidine rings is 1. The molecule has 3 heteroatoms. The third kappa shape index (κ3) is 1.91. The van der Waals surface area contributed by atoms with E-state index in [1.807, 2.05) is 0 Å². The standard InChI is InChI=1S/C17H23NO2/c1-17(2)9-15(18-10-11-3-4-12(18)7-11)14-6-5-13(19)8-16(14)20-17/h5-6,8,11-12,15,19H,3-4,7,9-10H2,1-2H3. The van der Waals surface area contributed by atoms with E-state index in [0.29, 0.717) is 11.8 Å². The molecule has 1 aromatic rings. The maximum Gasteiger partial charge on any atom is 0.128 e. The fourth-order valence-corrected chi connectivity index (χ4v) is 4.44. The predicted molar refractivity (Wildman–Crippen MR) is 78.0 cm³/mol. The SMILES string of the molecule is CC1(C)CC(N2CC3CCC2C3)c2ccc(O)cc2O1. The Labute approximate surface area is 120 Å². The van der Waals surface area contributed by atoms with E-state index in [9.17, 15) is 5.11 Å². The van der Waals surface area contributed by atoms with Crippen LogP contribution in [0.5, 0.6) is 11.5 Å². The summed E-state index contributed by atoms with van der Waals surface area (Å²) in [6, 6.07) is 6.83. The van der Waals surface area contributed by atoms with Gasteiger partial charge in [-0.05, 0) is 45.1 Å². The fourth-order valence-electron chi connectivity index (χ4n) is 4.44. The molecule has 1 N–H and O–H groups in total. The van der Waals surface area contributed by atoms with Crippen LogP contribution in [0, 0.1) is 5.92 Å². The first kappa shape index (κ1) is 12.5. The molecule has 0 radical (unpaired) electrons. The molecule has 3 unspecified atom stereocenters. The largest absolute Gasteiger partial charge is 0.508 e. The van der Waals surface area contributed by atoms with Gasteiger partial charge in [-0.25, -0.2) is 0 Å². The second-order valence-electron chi connectivity index (χ2n) is 7.33. The van der Waals surface area contributed by atoms with Gasteiger partial charge in [-0.2, -0.15) is 0 Å². The second kappa shape index (κ2) is 4.14. The molecule has 1 saturated heterocycles. The van der Waals surface area contributed by atoms with E-state index in [-0.39, 0.29) is 5.60 Å². The number of phenolic OH excluding ortho intramolecular Hbond substituents is 1. The van der Waals surface area contributed by atoms with Crippen LogP contribution in [0.1, 0.15) is 51.1 Å². The van der Waals surface area contributed by atoms with Crippen LogP contribution in [0.25, 0.3) is 0 Å². The summed E-state index contributed by atoms with van der Waals surface area (Å²) in [7, 11) is 0. The van der Waals surface area contributed by atoms with Crippen LogP contribution in [0.2, 0.25) is 0 Å². The van der Waals surface area contributed by atoms with Crippen LogP contribution in [0.3, 0.4) is 0 Å². The predicted octanol–water partition coefficient (Wildman–Crippen LogP) is 3.48. The molecule has 2 heterocycles. The molecule has 0 spiro atoms. The van der Waals surface area contributed by atoms with E-state index >= 15 is 0 Å². The number of nitrogens with zero attached hydrogens (tertiary/aromatic N) is 1. The number of ether oxygens (including phenoxy) is 1. The maximum atomic E-state index is 9.72. The zero-order valence-electron chi connectivity index (χ0n) is 12.3. The molecule has 0 aromatic heterocycles. The zero-order chi connectivity index (χ0) is 13.9. The van der Waals surface area contributed by atoms with E-state index < -0.39 is 0 Å². The Morgan fingerprint density at radius 2 is 2.15 bits per heavy atom. The van der Waals surface area contributed by atoms with Crippen molar-refractivity contribution in [3.8, 4) is 11.5 Å². The summed E-state index contributed by atoms with van der Waals surface area (Å²) in [4.78, 5) is 2.70. The normalized spacial score (nSPS) is 34.8. The van der Waals surface area contributed by atoms with Gasteiger partial charge in [0.1, 0.15) is 17.1 Å². The van der Waals surface area contributed by atoms with Gasteiger partial charge in [0.05, 0.1) is 0 Å². The van der Waals surface area contributed by atoms with E-state index in [1.165, 1.54) is 31.4 Å². The van der Waals surface area contributed by atoms with Crippen LogP contribution >= 0.6 is 0 Å². The van der Waals surface area contributed by atoms with Gasteiger partial charge < -0.3 is 9.84 Å². The molecule has 3 nitrogen and oxygen atoms in total. The minimum Gasteiger partial charge on any atom is -0.508 e. The first-order valence-corrected chi connectivity index (χ1v) is 7.79. The molecule has 1 saturated carbocycles. The molecular formula is C17H23NO2. The number of benzene rings is 1. The zero-order valence-corrected chi connectivity index (χ0v) is 12.3. The lowest BCUT2D eigenvalue weighted by Crippen LogP contribution is -2.44. The molecular weight excluding hydrogens is 250 g/mol. The Balaban J connectivity index is 1.72. The Bertz CT molecular complexity index is 540. The van der Waals surface area contributed by atoms with Gasteiger partial charge in [-0.3, -0.25) is 4.90 Å². The van der Waals surface area contributed by atoms with E-state index in [1.54, 1.807) is 12.1 Å². The van der Waals surface area contributed by atoms with Crippen LogP contribution < -0.4 is 4.74 Å². The fraction of sp³-hybridized carbons (Fsp3) is 0.647. The van der Waals surface area contributed by atoms with Crippen molar-refractivity contribution in [1.29, 1.82) is 0 Å². The molecule has 20 heavy (non-hydrogen) atoms. The number of aromatic hydroxyl groups is 1. The Kier molecular flexibility index (Phi) is 2.59. The Hall–Kier alpha value is -1.22. The lowest BCUT2D eigenvalue weighted by molar-refractivity contribution is 0.0193. The lowest BCUT2D eigenvalue weighted by atomic mass is 9.87. The number of phenols is 1. The summed E-state index contributed by atoms with van der Waals surface area (Å²) in [5.41, 5.74) is 1.10. The number of likely N-dealkylation sites (tertiary alicyclic amines) is 1.